The van der Waals surface area contributed by atoms with Gasteiger partial charge in [-0.2, -0.15) is 8.78 Å². The van der Waals surface area contributed by atoms with Crippen molar-refractivity contribution < 1.29 is 27.1 Å². The van der Waals surface area contributed by atoms with E-state index in [0.29, 0.717) is 0 Å². The van der Waals surface area contributed by atoms with Crippen molar-refractivity contribution in [1.82, 2.24) is 0 Å². The molecular formula is C14H14F4O2. The number of ether oxygens (including phenoxy) is 1. The van der Waals surface area contributed by atoms with E-state index in [4.69, 9.17) is 0 Å². The Morgan fingerprint density at radius 1 is 1.25 bits per heavy atom. The lowest BCUT2D eigenvalue weighted by molar-refractivity contribution is -0.204. The summed E-state index contributed by atoms with van der Waals surface area (Å²) in [5, 5.41) is 0. The fraction of sp³-hybridized carbons (Fsp3) is 0.357. The van der Waals surface area contributed by atoms with Crippen LogP contribution in [-0.4, -0.2) is 24.4 Å². The van der Waals surface area contributed by atoms with E-state index in [1.54, 1.807) is 18.2 Å². The number of alkyl halides is 4. The second-order valence-corrected chi connectivity index (χ2v) is 4.30. The molecule has 0 aliphatic heterocycles. The Morgan fingerprint density at radius 2 is 1.80 bits per heavy atom. The van der Waals surface area contributed by atoms with Crippen LogP contribution in [0, 0.1) is 0 Å². The zero-order valence-corrected chi connectivity index (χ0v) is 10.8. The van der Waals surface area contributed by atoms with Gasteiger partial charge in [0.15, 0.2) is 0 Å². The highest BCUT2D eigenvalue weighted by molar-refractivity contribution is 5.89. The van der Waals surface area contributed by atoms with E-state index in [0.717, 1.165) is 5.56 Å². The molecule has 0 aliphatic rings. The van der Waals surface area contributed by atoms with Crippen LogP contribution in [0.1, 0.15) is 29.3 Å². The van der Waals surface area contributed by atoms with Crippen LogP contribution in [0.5, 0.6) is 0 Å². The van der Waals surface area contributed by atoms with Crippen LogP contribution in [-0.2, 0) is 4.74 Å². The molecule has 0 fully saturated rings. The first-order chi connectivity index (χ1) is 9.17. The van der Waals surface area contributed by atoms with E-state index in [2.05, 4.69) is 11.3 Å². The van der Waals surface area contributed by atoms with Crippen molar-refractivity contribution in [2.45, 2.75) is 25.2 Å². The Balaban J connectivity index is 2.53. The lowest BCUT2D eigenvalue weighted by Crippen LogP contribution is -2.38. The van der Waals surface area contributed by atoms with Gasteiger partial charge in [-0.15, -0.1) is 0 Å². The predicted octanol–water partition coefficient (Wildman–Crippen LogP) is 4.17. The second kappa shape index (κ2) is 6.07. The summed E-state index contributed by atoms with van der Waals surface area (Å²) >= 11 is 0. The number of benzene rings is 1. The quantitative estimate of drug-likeness (QED) is 0.580. The topological polar surface area (TPSA) is 26.3 Å². The summed E-state index contributed by atoms with van der Waals surface area (Å²) in [6.07, 6.45) is 0.339. The first-order valence-corrected chi connectivity index (χ1v) is 5.82. The van der Waals surface area contributed by atoms with Crippen LogP contribution in [0.3, 0.4) is 0 Å². The van der Waals surface area contributed by atoms with E-state index in [9.17, 15) is 22.4 Å². The summed E-state index contributed by atoms with van der Waals surface area (Å²) in [4.78, 5) is 11.5. The SMILES string of the molecule is C=Cc1ccc(C(=O)OCCC(F)(F)C(C)(F)F)cc1. The summed E-state index contributed by atoms with van der Waals surface area (Å²) in [6, 6.07) is 6.06. The average Bonchev–Trinajstić information content (AvgIpc) is 2.37. The van der Waals surface area contributed by atoms with Gasteiger partial charge in [0.2, 0.25) is 0 Å². The second-order valence-electron chi connectivity index (χ2n) is 4.30. The van der Waals surface area contributed by atoms with Gasteiger partial charge < -0.3 is 4.74 Å². The first kappa shape index (κ1) is 16.2. The normalized spacial score (nSPS) is 12.1. The highest BCUT2D eigenvalue weighted by atomic mass is 19.3. The van der Waals surface area contributed by atoms with Crippen molar-refractivity contribution in [1.29, 1.82) is 0 Å². The molecular weight excluding hydrogens is 276 g/mol. The van der Waals surface area contributed by atoms with Crippen LogP contribution < -0.4 is 0 Å². The monoisotopic (exact) mass is 290 g/mol. The molecule has 0 aromatic heterocycles. The van der Waals surface area contributed by atoms with E-state index in [1.807, 2.05) is 0 Å². The minimum atomic E-state index is -4.21. The van der Waals surface area contributed by atoms with Crippen molar-refractivity contribution in [3.05, 3.63) is 42.0 Å². The molecule has 0 saturated heterocycles. The molecule has 0 atom stereocenters. The largest absolute Gasteiger partial charge is 0.462 e. The summed E-state index contributed by atoms with van der Waals surface area (Å²) in [5.74, 6) is -9.19. The molecule has 0 aliphatic carbocycles. The van der Waals surface area contributed by atoms with Gasteiger partial charge in [0.05, 0.1) is 18.6 Å². The molecule has 0 bridgehead atoms. The fourth-order valence-corrected chi connectivity index (χ4v) is 1.33. The molecule has 0 heterocycles. The third kappa shape index (κ3) is 4.08. The van der Waals surface area contributed by atoms with Gasteiger partial charge in [-0.05, 0) is 17.7 Å². The number of hydrogen-bond acceptors (Lipinski definition) is 2. The van der Waals surface area contributed by atoms with Crippen molar-refractivity contribution in [2.75, 3.05) is 6.61 Å². The van der Waals surface area contributed by atoms with E-state index in [1.165, 1.54) is 12.1 Å². The van der Waals surface area contributed by atoms with E-state index in [-0.39, 0.29) is 12.5 Å². The molecule has 0 amide bonds. The zero-order valence-electron chi connectivity index (χ0n) is 10.8. The lowest BCUT2D eigenvalue weighted by atomic mass is 10.1. The Morgan fingerprint density at radius 3 is 2.25 bits per heavy atom. The summed E-state index contributed by atoms with van der Waals surface area (Å²) in [7, 11) is 0. The molecule has 0 spiro atoms. The van der Waals surface area contributed by atoms with Crippen LogP contribution in [0.25, 0.3) is 6.08 Å². The Kier molecular flexibility index (Phi) is 4.92. The van der Waals surface area contributed by atoms with Gasteiger partial charge in [-0.25, -0.2) is 13.6 Å². The Bertz CT molecular complexity index is 475. The maximum atomic E-state index is 12.9. The first-order valence-electron chi connectivity index (χ1n) is 5.82. The van der Waals surface area contributed by atoms with Gasteiger partial charge >= 0.3 is 17.8 Å². The molecule has 0 unspecified atom stereocenters. The lowest BCUT2D eigenvalue weighted by Gasteiger charge is -2.22. The van der Waals surface area contributed by atoms with Crippen molar-refractivity contribution in [2.24, 2.45) is 0 Å². The molecule has 0 radical (unpaired) electrons. The number of hydrogen-bond donors (Lipinski definition) is 0. The maximum absolute atomic E-state index is 12.9. The molecule has 20 heavy (non-hydrogen) atoms. The zero-order chi connectivity index (χ0) is 15.4. The van der Waals surface area contributed by atoms with E-state index < -0.39 is 30.8 Å². The molecule has 110 valence electrons. The molecule has 1 aromatic carbocycles. The maximum Gasteiger partial charge on any atom is 0.338 e. The minimum absolute atomic E-state index is 0.128. The van der Waals surface area contributed by atoms with Crippen LogP contribution in [0.15, 0.2) is 30.8 Å². The highest BCUT2D eigenvalue weighted by Gasteiger charge is 2.51. The number of halogens is 4. The van der Waals surface area contributed by atoms with Crippen molar-refractivity contribution >= 4 is 12.0 Å². The smallest absolute Gasteiger partial charge is 0.338 e. The van der Waals surface area contributed by atoms with E-state index >= 15 is 0 Å². The Labute approximate surface area is 114 Å². The standard InChI is InChI=1S/C14H14F4O2/c1-3-10-4-6-11(7-5-10)12(19)20-9-8-14(17,18)13(2,15)16/h3-7H,1,8-9H2,2H3. The van der Waals surface area contributed by atoms with Crippen molar-refractivity contribution in [3.8, 4) is 0 Å². The molecule has 0 saturated carbocycles. The fourth-order valence-electron chi connectivity index (χ4n) is 1.33. The number of esters is 1. The van der Waals surface area contributed by atoms with Gasteiger partial charge in [-0.3, -0.25) is 0 Å². The van der Waals surface area contributed by atoms with Gasteiger partial charge in [0, 0.05) is 6.92 Å². The predicted molar refractivity (Wildman–Crippen MR) is 67.0 cm³/mol. The molecule has 2 nitrogen and oxygen atoms in total. The van der Waals surface area contributed by atoms with Crippen LogP contribution in [0.4, 0.5) is 17.6 Å². The number of carbonyl (C=O) groups is 1. The van der Waals surface area contributed by atoms with Crippen LogP contribution in [0.2, 0.25) is 0 Å². The van der Waals surface area contributed by atoms with Gasteiger partial charge in [0.25, 0.3) is 0 Å². The Hall–Kier alpha value is -1.85. The van der Waals surface area contributed by atoms with Crippen LogP contribution >= 0.6 is 0 Å². The minimum Gasteiger partial charge on any atom is -0.462 e. The molecule has 1 aromatic rings. The summed E-state index contributed by atoms with van der Waals surface area (Å²) in [6.45, 7) is 2.88. The number of rotatable bonds is 6. The van der Waals surface area contributed by atoms with Gasteiger partial charge in [0.1, 0.15) is 0 Å². The third-order valence-electron chi connectivity index (χ3n) is 2.67. The molecule has 6 heteroatoms. The highest BCUT2D eigenvalue weighted by Crippen LogP contribution is 2.36. The summed E-state index contributed by atoms with van der Waals surface area (Å²) in [5.41, 5.74) is 0.931. The number of carbonyl (C=O) groups excluding carboxylic acids is 1. The van der Waals surface area contributed by atoms with Crippen molar-refractivity contribution in [3.63, 3.8) is 0 Å². The average molecular weight is 290 g/mol. The molecule has 0 N–H and O–H groups in total. The summed E-state index contributed by atoms with van der Waals surface area (Å²) < 4.78 is 55.5. The van der Waals surface area contributed by atoms with Gasteiger partial charge in [-0.1, -0.05) is 24.8 Å². The third-order valence-corrected chi connectivity index (χ3v) is 2.67. The molecule has 1 rings (SSSR count).